The summed E-state index contributed by atoms with van der Waals surface area (Å²) in [7, 11) is 0. The zero-order valence-corrected chi connectivity index (χ0v) is 11.0. The molecule has 1 aromatic carbocycles. The number of aromatic carboxylic acids is 1. The van der Waals surface area contributed by atoms with Gasteiger partial charge >= 0.3 is 5.97 Å². The van der Waals surface area contributed by atoms with E-state index < -0.39 is 5.97 Å². The Labute approximate surface area is 119 Å². The number of aromatic nitrogens is 3. The van der Waals surface area contributed by atoms with Crippen LogP contribution in [0.5, 0.6) is 0 Å². The number of carbonyl (C=O) groups is 1. The number of carboxylic acids is 1. The summed E-state index contributed by atoms with van der Waals surface area (Å²) in [4.78, 5) is 22.6. The number of rotatable bonds is 2. The average molecular weight is 281 g/mol. The molecule has 0 unspecified atom stereocenters. The highest BCUT2D eigenvalue weighted by atomic mass is 16.5. The van der Waals surface area contributed by atoms with Gasteiger partial charge in [-0.3, -0.25) is 0 Å². The first-order chi connectivity index (χ1) is 10.2. The highest BCUT2D eigenvalue weighted by Gasteiger charge is 2.14. The summed E-state index contributed by atoms with van der Waals surface area (Å²) in [6, 6.07) is 7.58. The summed E-state index contributed by atoms with van der Waals surface area (Å²) >= 11 is 0. The molecule has 21 heavy (non-hydrogen) atoms. The molecule has 4 rings (SSSR count). The molecule has 3 aromatic rings. The van der Waals surface area contributed by atoms with E-state index in [1.165, 1.54) is 17.8 Å². The number of ether oxygens (including phenoxy) is 1. The predicted octanol–water partition coefficient (Wildman–Crippen LogP) is 2.35. The van der Waals surface area contributed by atoms with Gasteiger partial charge in [-0.1, -0.05) is 12.1 Å². The molecule has 1 aliphatic heterocycles. The van der Waals surface area contributed by atoms with Gasteiger partial charge in [-0.2, -0.15) is 0 Å². The number of fused-ring (bicyclic) bond motifs is 2. The Bertz CT molecular complexity index is 870. The maximum absolute atomic E-state index is 11.0. The lowest BCUT2D eigenvalue weighted by atomic mass is 10.1. The van der Waals surface area contributed by atoms with Crippen LogP contribution in [-0.4, -0.2) is 26.0 Å². The minimum atomic E-state index is -1.00. The van der Waals surface area contributed by atoms with Gasteiger partial charge in [-0.25, -0.2) is 14.8 Å². The van der Waals surface area contributed by atoms with Gasteiger partial charge in [-0.15, -0.1) is 0 Å². The molecule has 0 amide bonds. The van der Waals surface area contributed by atoms with Crippen molar-refractivity contribution in [3.63, 3.8) is 0 Å². The highest BCUT2D eigenvalue weighted by molar-refractivity contribution is 5.91. The fraction of sp³-hybridized carbons (Fsp3) is 0.133. The van der Waals surface area contributed by atoms with Crippen LogP contribution in [0.25, 0.3) is 22.6 Å². The third-order valence-electron chi connectivity index (χ3n) is 3.58. The topological polar surface area (TPSA) is 88.1 Å². The Kier molecular flexibility index (Phi) is 2.52. The Morgan fingerprint density at radius 3 is 2.95 bits per heavy atom. The van der Waals surface area contributed by atoms with Crippen LogP contribution < -0.4 is 0 Å². The van der Waals surface area contributed by atoms with Crippen molar-refractivity contribution in [2.24, 2.45) is 0 Å². The molecule has 0 fully saturated rings. The van der Waals surface area contributed by atoms with E-state index in [1.54, 1.807) is 0 Å². The van der Waals surface area contributed by atoms with Gasteiger partial charge in [0, 0.05) is 11.8 Å². The van der Waals surface area contributed by atoms with E-state index in [9.17, 15) is 4.79 Å². The molecule has 0 saturated carbocycles. The fourth-order valence-electron chi connectivity index (χ4n) is 2.47. The molecule has 0 atom stereocenters. The van der Waals surface area contributed by atoms with E-state index in [1.807, 2.05) is 18.2 Å². The molecule has 2 aromatic heterocycles. The minimum Gasteiger partial charge on any atom is -0.478 e. The number of H-pyrrole nitrogens is 1. The number of benzene rings is 1. The quantitative estimate of drug-likeness (QED) is 0.752. The molecule has 6 heteroatoms. The first-order valence-electron chi connectivity index (χ1n) is 6.50. The van der Waals surface area contributed by atoms with Crippen molar-refractivity contribution in [1.82, 2.24) is 15.0 Å². The Morgan fingerprint density at radius 2 is 2.10 bits per heavy atom. The summed E-state index contributed by atoms with van der Waals surface area (Å²) in [5.41, 5.74) is 4.55. The van der Waals surface area contributed by atoms with Crippen LogP contribution in [0.4, 0.5) is 0 Å². The van der Waals surface area contributed by atoms with Gasteiger partial charge in [0.15, 0.2) is 5.65 Å². The molecule has 0 spiro atoms. The van der Waals surface area contributed by atoms with Crippen LogP contribution >= 0.6 is 0 Å². The van der Waals surface area contributed by atoms with E-state index in [2.05, 4.69) is 15.0 Å². The maximum Gasteiger partial charge on any atom is 0.337 e. The number of imidazole rings is 1. The normalized spacial score (nSPS) is 13.5. The fourth-order valence-corrected chi connectivity index (χ4v) is 2.47. The Hall–Kier alpha value is -2.73. The van der Waals surface area contributed by atoms with Gasteiger partial charge in [0.05, 0.1) is 24.3 Å². The third kappa shape index (κ3) is 1.96. The lowest BCUT2D eigenvalue weighted by molar-refractivity contribution is 0.0696. The largest absolute Gasteiger partial charge is 0.478 e. The molecule has 3 heterocycles. The molecule has 0 radical (unpaired) electrons. The van der Waals surface area contributed by atoms with Gasteiger partial charge < -0.3 is 14.8 Å². The lowest BCUT2D eigenvalue weighted by Gasteiger charge is -2.00. The third-order valence-corrected chi connectivity index (χ3v) is 3.58. The monoisotopic (exact) mass is 281 g/mol. The molecule has 0 bridgehead atoms. The van der Waals surface area contributed by atoms with Crippen LogP contribution in [-0.2, 0) is 18.0 Å². The number of aromatic amines is 1. The van der Waals surface area contributed by atoms with E-state index in [0.717, 1.165) is 11.1 Å². The standard InChI is InChI=1S/C15H11N3O3/c19-15(20)10-4-12-14(16-5-10)18-13(17-12)8-1-2-9-6-21-7-11(9)3-8/h1-5H,6-7H2,(H,19,20)(H,16,17,18). The zero-order valence-electron chi connectivity index (χ0n) is 11.0. The molecule has 1 aliphatic rings. The van der Waals surface area contributed by atoms with Crippen molar-refractivity contribution < 1.29 is 14.6 Å². The van der Waals surface area contributed by atoms with Crippen molar-refractivity contribution in [1.29, 1.82) is 0 Å². The van der Waals surface area contributed by atoms with Crippen LogP contribution in [0.1, 0.15) is 21.5 Å². The summed E-state index contributed by atoms with van der Waals surface area (Å²) < 4.78 is 5.40. The van der Waals surface area contributed by atoms with E-state index in [4.69, 9.17) is 9.84 Å². The van der Waals surface area contributed by atoms with Crippen molar-refractivity contribution in [3.8, 4) is 11.4 Å². The van der Waals surface area contributed by atoms with Crippen LogP contribution in [0.2, 0.25) is 0 Å². The summed E-state index contributed by atoms with van der Waals surface area (Å²) in [6.45, 7) is 1.27. The van der Waals surface area contributed by atoms with Crippen LogP contribution in [0.15, 0.2) is 30.5 Å². The molecule has 6 nitrogen and oxygen atoms in total. The number of pyridine rings is 1. The smallest absolute Gasteiger partial charge is 0.337 e. The Morgan fingerprint density at radius 1 is 1.24 bits per heavy atom. The summed E-state index contributed by atoms with van der Waals surface area (Å²) in [5, 5.41) is 8.99. The summed E-state index contributed by atoms with van der Waals surface area (Å²) in [5.74, 6) is -0.329. The molecule has 0 saturated heterocycles. The second-order valence-corrected chi connectivity index (χ2v) is 4.96. The van der Waals surface area contributed by atoms with Crippen LogP contribution in [0, 0.1) is 0 Å². The number of hydrogen-bond acceptors (Lipinski definition) is 4. The van der Waals surface area contributed by atoms with Gasteiger partial charge in [0.25, 0.3) is 0 Å². The molecular formula is C15H11N3O3. The molecule has 104 valence electrons. The number of carboxylic acid groups (broad SMARTS) is 1. The number of hydrogen-bond donors (Lipinski definition) is 2. The Balaban J connectivity index is 1.81. The molecule has 2 N–H and O–H groups in total. The first kappa shape index (κ1) is 12.0. The number of nitrogens with one attached hydrogen (secondary N) is 1. The lowest BCUT2D eigenvalue weighted by Crippen LogP contribution is -1.96. The molecule has 0 aliphatic carbocycles. The summed E-state index contributed by atoms with van der Waals surface area (Å²) in [6.07, 6.45) is 1.31. The van der Waals surface area contributed by atoms with Crippen molar-refractivity contribution >= 4 is 17.1 Å². The van der Waals surface area contributed by atoms with E-state index in [-0.39, 0.29) is 5.56 Å². The minimum absolute atomic E-state index is 0.139. The predicted molar refractivity (Wildman–Crippen MR) is 74.8 cm³/mol. The number of nitrogens with zero attached hydrogens (tertiary/aromatic N) is 2. The highest BCUT2D eigenvalue weighted by Crippen LogP contribution is 2.26. The van der Waals surface area contributed by atoms with Gasteiger partial charge in [0.1, 0.15) is 5.82 Å². The second kappa shape index (κ2) is 4.39. The first-order valence-corrected chi connectivity index (χ1v) is 6.50. The SMILES string of the molecule is O=C(O)c1cnc2nc(-c3ccc4c(c3)COC4)[nH]c2c1. The average Bonchev–Trinajstić information content (AvgIpc) is 3.11. The van der Waals surface area contributed by atoms with Crippen molar-refractivity contribution in [2.45, 2.75) is 13.2 Å². The van der Waals surface area contributed by atoms with Crippen molar-refractivity contribution in [3.05, 3.63) is 47.2 Å². The van der Waals surface area contributed by atoms with Gasteiger partial charge in [-0.05, 0) is 23.3 Å². The second-order valence-electron chi connectivity index (χ2n) is 4.96. The van der Waals surface area contributed by atoms with Crippen molar-refractivity contribution in [2.75, 3.05) is 0 Å². The maximum atomic E-state index is 11.0. The van der Waals surface area contributed by atoms with Gasteiger partial charge in [0.2, 0.25) is 0 Å². The van der Waals surface area contributed by atoms with E-state index in [0.29, 0.717) is 30.2 Å². The molecular weight excluding hydrogens is 270 g/mol. The van der Waals surface area contributed by atoms with Crippen LogP contribution in [0.3, 0.4) is 0 Å². The zero-order chi connectivity index (χ0) is 14.4. The van der Waals surface area contributed by atoms with E-state index >= 15 is 0 Å².